The normalized spacial score (nSPS) is 10.2. The first-order chi connectivity index (χ1) is 12.4. The van der Waals surface area contributed by atoms with Crippen molar-refractivity contribution in [3.8, 4) is 11.5 Å². The number of Topliss-reactive ketones (excluding diaryl/α,β-unsaturated/α-hetero) is 2. The molecule has 136 valence electrons. The van der Waals surface area contributed by atoms with Gasteiger partial charge in [0.2, 0.25) is 5.91 Å². The summed E-state index contributed by atoms with van der Waals surface area (Å²) in [6, 6.07) is 10.7. The molecule has 0 saturated heterocycles. The van der Waals surface area contributed by atoms with Gasteiger partial charge in [0.05, 0.1) is 13.5 Å². The summed E-state index contributed by atoms with van der Waals surface area (Å²) >= 11 is 5.77. The molecule has 0 aliphatic heterocycles. The smallest absolute Gasteiger partial charge is 0.224 e. The number of rotatable bonds is 8. The predicted molar refractivity (Wildman–Crippen MR) is 97.9 cm³/mol. The summed E-state index contributed by atoms with van der Waals surface area (Å²) in [5.41, 5.74) is 0.845. The van der Waals surface area contributed by atoms with Crippen LogP contribution in [0.2, 0.25) is 5.02 Å². The molecule has 2 N–H and O–H groups in total. The molecule has 0 aliphatic rings. The molecule has 0 heterocycles. The van der Waals surface area contributed by atoms with E-state index in [4.69, 9.17) is 16.3 Å². The van der Waals surface area contributed by atoms with Crippen molar-refractivity contribution in [3.05, 3.63) is 53.1 Å². The van der Waals surface area contributed by atoms with Gasteiger partial charge in [0.25, 0.3) is 0 Å². The highest BCUT2D eigenvalue weighted by molar-refractivity contribution is 6.30. The number of ketones is 2. The zero-order chi connectivity index (χ0) is 19.1. The molecule has 0 bridgehead atoms. The van der Waals surface area contributed by atoms with Gasteiger partial charge in [-0.1, -0.05) is 11.6 Å². The minimum absolute atomic E-state index is 0.0202. The van der Waals surface area contributed by atoms with E-state index in [9.17, 15) is 19.5 Å². The number of ether oxygens (including phenoxy) is 1. The molecule has 2 rings (SSSR count). The van der Waals surface area contributed by atoms with Gasteiger partial charge < -0.3 is 15.2 Å². The number of nitrogens with one attached hydrogen (secondary N) is 1. The van der Waals surface area contributed by atoms with Crippen molar-refractivity contribution in [2.75, 3.05) is 12.4 Å². The summed E-state index contributed by atoms with van der Waals surface area (Å²) in [7, 11) is 1.37. The summed E-state index contributed by atoms with van der Waals surface area (Å²) in [6.07, 6.45) is -0.379. The first-order valence-electron chi connectivity index (χ1n) is 7.86. The van der Waals surface area contributed by atoms with Gasteiger partial charge in [0.15, 0.2) is 17.3 Å². The maximum Gasteiger partial charge on any atom is 0.224 e. The topological polar surface area (TPSA) is 92.7 Å². The SMILES string of the molecule is COc1cc(C(=O)CC(=O)CCC(=O)Nc2ccc(Cl)cc2)ccc1O. The zero-order valence-electron chi connectivity index (χ0n) is 14.1. The third-order valence-electron chi connectivity index (χ3n) is 3.62. The van der Waals surface area contributed by atoms with Gasteiger partial charge in [-0.3, -0.25) is 14.4 Å². The van der Waals surface area contributed by atoms with Crippen LogP contribution in [0.25, 0.3) is 0 Å². The first-order valence-corrected chi connectivity index (χ1v) is 8.24. The van der Waals surface area contributed by atoms with Gasteiger partial charge in [0.1, 0.15) is 5.78 Å². The summed E-state index contributed by atoms with van der Waals surface area (Å²) in [5.74, 6) is -0.987. The van der Waals surface area contributed by atoms with Crippen LogP contribution in [0.5, 0.6) is 11.5 Å². The second kappa shape index (κ2) is 9.01. The standard InChI is InChI=1S/C19H18ClNO5/c1-26-18-10-12(2-8-16(18)23)17(24)11-15(22)7-9-19(25)21-14-5-3-13(20)4-6-14/h2-6,8,10,23H,7,9,11H2,1H3,(H,21,25). The highest BCUT2D eigenvalue weighted by atomic mass is 35.5. The van der Waals surface area contributed by atoms with Crippen molar-refractivity contribution in [2.45, 2.75) is 19.3 Å². The average Bonchev–Trinajstić information content (AvgIpc) is 2.62. The Bertz CT molecular complexity index is 817. The van der Waals surface area contributed by atoms with E-state index in [1.807, 2.05) is 0 Å². The molecule has 0 aromatic heterocycles. The molecule has 26 heavy (non-hydrogen) atoms. The number of anilines is 1. The number of benzene rings is 2. The van der Waals surface area contributed by atoms with Crippen LogP contribution in [-0.4, -0.2) is 29.7 Å². The Hall–Kier alpha value is -2.86. The second-order valence-corrected chi connectivity index (χ2v) is 6.02. The summed E-state index contributed by atoms with van der Waals surface area (Å²) in [5, 5.41) is 12.7. The number of hydrogen-bond acceptors (Lipinski definition) is 5. The number of carbonyl (C=O) groups excluding carboxylic acids is 3. The van der Waals surface area contributed by atoms with Gasteiger partial charge in [-0.05, 0) is 42.5 Å². The van der Waals surface area contributed by atoms with Crippen LogP contribution in [0, 0.1) is 0 Å². The lowest BCUT2D eigenvalue weighted by molar-refractivity contribution is -0.122. The Morgan fingerprint density at radius 1 is 1.08 bits per heavy atom. The fourth-order valence-corrected chi connectivity index (χ4v) is 2.36. The Kier molecular flexibility index (Phi) is 6.74. The third kappa shape index (κ3) is 5.60. The number of phenols is 1. The molecule has 0 radical (unpaired) electrons. The van der Waals surface area contributed by atoms with Crippen molar-refractivity contribution in [1.29, 1.82) is 0 Å². The minimum Gasteiger partial charge on any atom is -0.504 e. The molecule has 6 nitrogen and oxygen atoms in total. The van der Waals surface area contributed by atoms with Crippen LogP contribution in [0.1, 0.15) is 29.6 Å². The van der Waals surface area contributed by atoms with E-state index in [0.29, 0.717) is 10.7 Å². The summed E-state index contributed by atoms with van der Waals surface area (Å²) in [6.45, 7) is 0. The lowest BCUT2D eigenvalue weighted by Gasteiger charge is -2.07. The van der Waals surface area contributed by atoms with Crippen molar-refractivity contribution >= 4 is 34.8 Å². The van der Waals surface area contributed by atoms with E-state index in [-0.39, 0.29) is 48.0 Å². The van der Waals surface area contributed by atoms with Gasteiger partial charge in [-0.2, -0.15) is 0 Å². The molecule has 2 aromatic carbocycles. The highest BCUT2D eigenvalue weighted by Crippen LogP contribution is 2.26. The van der Waals surface area contributed by atoms with Crippen LogP contribution < -0.4 is 10.1 Å². The second-order valence-electron chi connectivity index (χ2n) is 5.58. The zero-order valence-corrected chi connectivity index (χ0v) is 14.9. The fourth-order valence-electron chi connectivity index (χ4n) is 2.23. The summed E-state index contributed by atoms with van der Waals surface area (Å²) < 4.78 is 4.94. The largest absolute Gasteiger partial charge is 0.504 e. The van der Waals surface area contributed by atoms with Crippen molar-refractivity contribution in [2.24, 2.45) is 0 Å². The molecule has 2 aromatic rings. The maximum absolute atomic E-state index is 12.1. The monoisotopic (exact) mass is 375 g/mol. The van der Waals surface area contributed by atoms with Crippen molar-refractivity contribution in [3.63, 3.8) is 0 Å². The molecule has 0 aliphatic carbocycles. The molecule has 0 atom stereocenters. The van der Waals surface area contributed by atoms with Gasteiger partial charge in [-0.15, -0.1) is 0 Å². The molecule has 0 unspecified atom stereocenters. The Morgan fingerprint density at radius 3 is 2.42 bits per heavy atom. The van der Waals surface area contributed by atoms with E-state index in [1.54, 1.807) is 24.3 Å². The number of hydrogen-bond donors (Lipinski definition) is 2. The number of amides is 1. The van der Waals surface area contributed by atoms with Crippen LogP contribution in [0.3, 0.4) is 0 Å². The highest BCUT2D eigenvalue weighted by Gasteiger charge is 2.15. The van der Waals surface area contributed by atoms with E-state index in [1.165, 1.54) is 25.3 Å². The van der Waals surface area contributed by atoms with E-state index in [2.05, 4.69) is 5.32 Å². The maximum atomic E-state index is 12.1. The lowest BCUT2D eigenvalue weighted by atomic mass is 10.0. The number of aromatic hydroxyl groups is 1. The average molecular weight is 376 g/mol. The Morgan fingerprint density at radius 2 is 1.77 bits per heavy atom. The molecular weight excluding hydrogens is 358 g/mol. The van der Waals surface area contributed by atoms with Gasteiger partial charge >= 0.3 is 0 Å². The van der Waals surface area contributed by atoms with Crippen LogP contribution in [0.15, 0.2) is 42.5 Å². The fraction of sp³-hybridized carbons (Fsp3) is 0.211. The van der Waals surface area contributed by atoms with E-state index in [0.717, 1.165) is 0 Å². The number of phenolic OH excluding ortho intramolecular Hbond substituents is 1. The molecule has 1 amide bonds. The molecular formula is C19H18ClNO5. The van der Waals surface area contributed by atoms with Crippen LogP contribution in [-0.2, 0) is 9.59 Å². The Labute approximate surface area is 155 Å². The first kappa shape index (κ1) is 19.5. The molecule has 0 fully saturated rings. The molecule has 7 heteroatoms. The third-order valence-corrected chi connectivity index (χ3v) is 3.87. The van der Waals surface area contributed by atoms with Gasteiger partial charge in [0, 0.05) is 29.1 Å². The predicted octanol–water partition coefficient (Wildman–Crippen LogP) is 3.62. The van der Waals surface area contributed by atoms with Crippen molar-refractivity contribution < 1.29 is 24.2 Å². The van der Waals surface area contributed by atoms with Gasteiger partial charge in [-0.25, -0.2) is 0 Å². The Balaban J connectivity index is 1.83. The van der Waals surface area contributed by atoms with Crippen LogP contribution >= 0.6 is 11.6 Å². The number of carbonyl (C=O) groups is 3. The molecule has 0 spiro atoms. The summed E-state index contributed by atoms with van der Waals surface area (Å²) in [4.78, 5) is 35.9. The van der Waals surface area contributed by atoms with E-state index < -0.39 is 5.78 Å². The quantitative estimate of drug-likeness (QED) is 0.543. The lowest BCUT2D eigenvalue weighted by Crippen LogP contribution is -2.15. The van der Waals surface area contributed by atoms with Crippen LogP contribution in [0.4, 0.5) is 5.69 Å². The van der Waals surface area contributed by atoms with Crippen molar-refractivity contribution in [1.82, 2.24) is 0 Å². The molecule has 0 saturated carbocycles. The van der Waals surface area contributed by atoms with E-state index >= 15 is 0 Å². The number of halogens is 1. The minimum atomic E-state index is -0.397. The number of methoxy groups -OCH3 is 1.